The summed E-state index contributed by atoms with van der Waals surface area (Å²) in [5.74, 6) is 0.896. The molecule has 1 amide bonds. The largest absolute Gasteiger partial charge is 0.484 e. The quantitative estimate of drug-likeness (QED) is 0.337. The molecule has 4 aromatic rings. The predicted molar refractivity (Wildman–Crippen MR) is 120 cm³/mol. The maximum Gasteiger partial charge on any atom is 0.265 e. The number of likely N-dealkylation sites (N-methyl/N-ethyl adjacent to an activating group) is 1. The van der Waals surface area contributed by atoms with Gasteiger partial charge in [-0.25, -0.2) is 5.43 Å². The number of nitrogens with zero attached hydrogens (tertiary/aromatic N) is 5. The Morgan fingerprint density at radius 2 is 1.90 bits per heavy atom. The minimum Gasteiger partial charge on any atom is -0.484 e. The number of fused-ring (bicyclic) bond motifs is 3. The zero-order chi connectivity index (χ0) is 21.6. The summed E-state index contributed by atoms with van der Waals surface area (Å²) in [6.07, 6.45) is 1.64. The first-order valence-electron chi connectivity index (χ1n) is 10.1. The fraction of sp³-hybridized carbons (Fsp3) is 0.227. The zero-order valence-electron chi connectivity index (χ0n) is 17.4. The summed E-state index contributed by atoms with van der Waals surface area (Å²) in [5, 5.41) is 13.5. The monoisotopic (exact) mass is 417 g/mol. The Morgan fingerprint density at radius 1 is 1.13 bits per heavy atom. The van der Waals surface area contributed by atoms with Crippen LogP contribution >= 0.6 is 0 Å². The van der Waals surface area contributed by atoms with Crippen molar-refractivity contribution < 1.29 is 9.53 Å². The molecule has 0 aliphatic carbocycles. The highest BCUT2D eigenvalue weighted by atomic mass is 16.5. The number of anilines is 1. The first kappa shape index (κ1) is 20.3. The van der Waals surface area contributed by atoms with Gasteiger partial charge in [-0.3, -0.25) is 4.79 Å². The number of H-pyrrole nitrogens is 1. The first-order chi connectivity index (χ1) is 15.2. The SMILES string of the molecule is CCN(CC)C(=O)COc1ccc(/C=N/Nc2nnc3c(n2)[nH]c2ccccc23)cc1. The van der Waals surface area contributed by atoms with Crippen LogP contribution in [-0.2, 0) is 4.79 Å². The number of benzene rings is 2. The lowest BCUT2D eigenvalue weighted by Crippen LogP contribution is -2.34. The molecule has 2 N–H and O–H groups in total. The van der Waals surface area contributed by atoms with Gasteiger partial charge in [-0.1, -0.05) is 18.2 Å². The van der Waals surface area contributed by atoms with Crippen LogP contribution in [0, 0.1) is 0 Å². The van der Waals surface area contributed by atoms with E-state index >= 15 is 0 Å². The lowest BCUT2D eigenvalue weighted by molar-refractivity contribution is -0.132. The molecule has 0 spiro atoms. The molecular weight excluding hydrogens is 394 g/mol. The Bertz CT molecular complexity index is 1210. The third-order valence-electron chi connectivity index (χ3n) is 4.86. The summed E-state index contributed by atoms with van der Waals surface area (Å²) < 4.78 is 5.56. The van der Waals surface area contributed by atoms with E-state index < -0.39 is 0 Å². The number of nitrogens with one attached hydrogen (secondary N) is 2. The molecule has 0 fully saturated rings. The highest BCUT2D eigenvalue weighted by Gasteiger charge is 2.10. The van der Waals surface area contributed by atoms with E-state index in [1.165, 1.54) is 0 Å². The second-order valence-electron chi connectivity index (χ2n) is 6.80. The molecule has 0 saturated carbocycles. The van der Waals surface area contributed by atoms with Gasteiger partial charge >= 0.3 is 0 Å². The van der Waals surface area contributed by atoms with Gasteiger partial charge in [0.25, 0.3) is 11.9 Å². The van der Waals surface area contributed by atoms with Crippen molar-refractivity contribution in [3.63, 3.8) is 0 Å². The molecule has 2 aromatic heterocycles. The van der Waals surface area contributed by atoms with Crippen LogP contribution in [0.4, 0.5) is 5.95 Å². The normalized spacial score (nSPS) is 11.3. The first-order valence-corrected chi connectivity index (χ1v) is 10.1. The molecule has 4 rings (SSSR count). The Balaban J connectivity index is 1.35. The number of hydrazone groups is 1. The average Bonchev–Trinajstić information content (AvgIpc) is 3.17. The lowest BCUT2D eigenvalue weighted by atomic mass is 10.2. The summed E-state index contributed by atoms with van der Waals surface area (Å²) in [4.78, 5) is 21.4. The molecule has 0 unspecified atom stereocenters. The van der Waals surface area contributed by atoms with Gasteiger partial charge in [-0.05, 0) is 49.7 Å². The zero-order valence-corrected chi connectivity index (χ0v) is 17.4. The maximum atomic E-state index is 12.0. The number of carbonyl (C=O) groups is 1. The van der Waals surface area contributed by atoms with Crippen LogP contribution in [0.1, 0.15) is 19.4 Å². The number of amides is 1. The van der Waals surface area contributed by atoms with Gasteiger partial charge in [-0.15, -0.1) is 10.2 Å². The van der Waals surface area contributed by atoms with Gasteiger partial charge in [0.2, 0.25) is 0 Å². The fourth-order valence-electron chi connectivity index (χ4n) is 3.20. The molecule has 0 aliphatic rings. The number of ether oxygens (including phenoxy) is 1. The van der Waals surface area contributed by atoms with E-state index in [9.17, 15) is 4.79 Å². The van der Waals surface area contributed by atoms with Crippen molar-refractivity contribution >= 4 is 40.1 Å². The summed E-state index contributed by atoms with van der Waals surface area (Å²) in [7, 11) is 0. The van der Waals surface area contributed by atoms with Crippen molar-refractivity contribution in [1.82, 2.24) is 25.1 Å². The van der Waals surface area contributed by atoms with Crippen LogP contribution < -0.4 is 10.2 Å². The van der Waals surface area contributed by atoms with Crippen LogP contribution in [0.15, 0.2) is 53.6 Å². The molecule has 0 aliphatic heterocycles. The number of hydrogen-bond acceptors (Lipinski definition) is 7. The summed E-state index contributed by atoms with van der Waals surface area (Å²) in [5.41, 5.74) is 5.98. The van der Waals surface area contributed by atoms with Crippen molar-refractivity contribution in [3.8, 4) is 5.75 Å². The van der Waals surface area contributed by atoms with Crippen molar-refractivity contribution in [1.29, 1.82) is 0 Å². The molecule has 158 valence electrons. The number of hydrogen-bond donors (Lipinski definition) is 2. The molecule has 0 bridgehead atoms. The Kier molecular flexibility index (Phi) is 6.02. The Labute approximate surface area is 179 Å². The number of para-hydroxylation sites is 1. The van der Waals surface area contributed by atoms with Crippen LogP contribution in [0.25, 0.3) is 22.1 Å². The Hall–Kier alpha value is -4.01. The van der Waals surface area contributed by atoms with Gasteiger partial charge < -0.3 is 14.6 Å². The lowest BCUT2D eigenvalue weighted by Gasteiger charge is -2.18. The minimum absolute atomic E-state index is 0.0250. The van der Waals surface area contributed by atoms with Crippen LogP contribution in [0.3, 0.4) is 0 Å². The van der Waals surface area contributed by atoms with Crippen molar-refractivity contribution in [3.05, 3.63) is 54.1 Å². The summed E-state index contributed by atoms with van der Waals surface area (Å²) >= 11 is 0. The van der Waals surface area contributed by atoms with Gasteiger partial charge in [0.1, 0.15) is 11.3 Å². The number of rotatable bonds is 8. The number of aromatic amines is 1. The van der Waals surface area contributed by atoms with Crippen molar-refractivity contribution in [2.45, 2.75) is 13.8 Å². The van der Waals surface area contributed by atoms with Crippen molar-refractivity contribution in [2.24, 2.45) is 5.10 Å². The van der Waals surface area contributed by atoms with E-state index in [-0.39, 0.29) is 12.5 Å². The second kappa shape index (κ2) is 9.21. The smallest absolute Gasteiger partial charge is 0.265 e. The number of carbonyl (C=O) groups excluding carboxylic acids is 1. The molecule has 2 aromatic carbocycles. The van der Waals surface area contributed by atoms with E-state index in [0.717, 1.165) is 22.0 Å². The summed E-state index contributed by atoms with van der Waals surface area (Å²) in [6.45, 7) is 5.27. The van der Waals surface area contributed by atoms with Gasteiger partial charge in [0.15, 0.2) is 12.3 Å². The molecule has 31 heavy (non-hydrogen) atoms. The second-order valence-corrected chi connectivity index (χ2v) is 6.80. The molecule has 0 atom stereocenters. The maximum absolute atomic E-state index is 12.0. The standard InChI is InChI=1S/C22H23N7O2/c1-3-29(4-2)19(30)14-31-16-11-9-15(10-12-16)13-23-27-22-25-21-20(26-28-22)17-7-5-6-8-18(17)24-21/h5-13H,3-4,14H2,1-2H3,(H2,24,25,27,28)/b23-13+. The third-order valence-corrected chi connectivity index (χ3v) is 4.86. The molecule has 2 heterocycles. The summed E-state index contributed by atoms with van der Waals surface area (Å²) in [6, 6.07) is 15.1. The molecule has 0 saturated heterocycles. The van der Waals surface area contributed by atoms with Gasteiger partial charge in [-0.2, -0.15) is 10.1 Å². The Morgan fingerprint density at radius 3 is 2.68 bits per heavy atom. The topological polar surface area (TPSA) is 108 Å². The highest BCUT2D eigenvalue weighted by Crippen LogP contribution is 2.21. The van der Waals surface area contributed by atoms with E-state index in [4.69, 9.17) is 4.74 Å². The van der Waals surface area contributed by atoms with E-state index in [1.54, 1.807) is 23.2 Å². The third kappa shape index (κ3) is 4.61. The minimum atomic E-state index is -0.0274. The van der Waals surface area contributed by atoms with Gasteiger partial charge in [0, 0.05) is 24.0 Å². The van der Waals surface area contributed by atoms with E-state index in [2.05, 4.69) is 30.7 Å². The predicted octanol–water partition coefficient (Wildman–Crippen LogP) is 3.20. The molecule has 9 nitrogen and oxygen atoms in total. The van der Waals surface area contributed by atoms with Crippen LogP contribution in [0.2, 0.25) is 0 Å². The van der Waals surface area contributed by atoms with E-state index in [1.807, 2.05) is 50.2 Å². The molecule has 9 heteroatoms. The molecule has 0 radical (unpaired) electrons. The number of aromatic nitrogens is 4. The highest BCUT2D eigenvalue weighted by molar-refractivity contribution is 6.03. The average molecular weight is 417 g/mol. The fourth-order valence-corrected chi connectivity index (χ4v) is 3.20. The van der Waals surface area contributed by atoms with Crippen LogP contribution in [0.5, 0.6) is 5.75 Å². The van der Waals surface area contributed by atoms with Gasteiger partial charge in [0.05, 0.1) is 6.21 Å². The molecular formula is C22H23N7O2. The van der Waals surface area contributed by atoms with E-state index in [0.29, 0.717) is 30.4 Å². The van der Waals surface area contributed by atoms with Crippen molar-refractivity contribution in [2.75, 3.05) is 25.1 Å². The van der Waals surface area contributed by atoms with Crippen LogP contribution in [-0.4, -0.2) is 56.9 Å².